The molecule has 30 heavy (non-hydrogen) atoms. The molecule has 0 aromatic heterocycles. The normalized spacial score (nSPS) is 27.0. The van der Waals surface area contributed by atoms with Crippen molar-refractivity contribution >= 4 is 23.6 Å². The number of ether oxygens (including phenoxy) is 1. The Morgan fingerprint density at radius 1 is 1.17 bits per heavy atom. The van der Waals surface area contributed by atoms with Crippen LogP contribution in [0.2, 0.25) is 0 Å². The van der Waals surface area contributed by atoms with Gasteiger partial charge in [-0.3, -0.25) is 34.3 Å². The molecule has 9 heteroatoms. The van der Waals surface area contributed by atoms with E-state index in [-0.39, 0.29) is 30.8 Å². The van der Waals surface area contributed by atoms with Crippen LogP contribution < -0.4 is 11.1 Å². The van der Waals surface area contributed by atoms with Gasteiger partial charge in [-0.2, -0.15) is 0 Å². The number of nitrogens with zero attached hydrogens (tertiary/aromatic N) is 2. The number of benzene rings is 1. The molecule has 3 atom stereocenters. The van der Waals surface area contributed by atoms with Gasteiger partial charge in [-0.15, -0.1) is 0 Å². The molecule has 0 radical (unpaired) electrons. The number of nitrogens with two attached hydrogens (primary N) is 1. The summed E-state index contributed by atoms with van der Waals surface area (Å²) in [5, 5.41) is 2.22. The Hall–Kier alpha value is -2.62. The van der Waals surface area contributed by atoms with E-state index in [4.69, 9.17) is 10.5 Å². The molecule has 160 valence electrons. The molecule has 3 heterocycles. The van der Waals surface area contributed by atoms with E-state index < -0.39 is 23.8 Å². The third-order valence-corrected chi connectivity index (χ3v) is 6.09. The Morgan fingerprint density at radius 2 is 1.97 bits per heavy atom. The second-order valence-electron chi connectivity index (χ2n) is 7.97. The van der Waals surface area contributed by atoms with Gasteiger partial charge < -0.3 is 10.5 Å². The van der Waals surface area contributed by atoms with Crippen LogP contribution in [-0.4, -0.2) is 71.8 Å². The fourth-order valence-corrected chi connectivity index (χ4v) is 4.64. The summed E-state index contributed by atoms with van der Waals surface area (Å²) in [6, 6.07) is 4.24. The van der Waals surface area contributed by atoms with Gasteiger partial charge in [-0.1, -0.05) is 12.1 Å². The minimum Gasteiger partial charge on any atom is -0.377 e. The number of fused-ring (bicyclic) bond motifs is 1. The maximum Gasteiger partial charge on any atom is 0.262 e. The number of amides is 4. The predicted octanol–water partition coefficient (Wildman–Crippen LogP) is -0.117. The number of carbonyl (C=O) groups excluding carboxylic acids is 4. The molecule has 1 unspecified atom stereocenters. The van der Waals surface area contributed by atoms with Gasteiger partial charge >= 0.3 is 0 Å². The monoisotopic (exact) mass is 414 g/mol. The molecule has 4 rings (SSSR count). The van der Waals surface area contributed by atoms with Gasteiger partial charge in [-0.05, 0) is 31.5 Å². The van der Waals surface area contributed by atoms with Crippen molar-refractivity contribution in [2.45, 2.75) is 38.5 Å². The molecule has 4 amide bonds. The van der Waals surface area contributed by atoms with Gasteiger partial charge in [0.1, 0.15) is 6.04 Å². The lowest BCUT2D eigenvalue weighted by Gasteiger charge is -2.28. The molecule has 9 nitrogen and oxygen atoms in total. The summed E-state index contributed by atoms with van der Waals surface area (Å²) >= 11 is 0. The van der Waals surface area contributed by atoms with Crippen molar-refractivity contribution in [1.29, 1.82) is 0 Å². The first-order valence-electron chi connectivity index (χ1n) is 10.3. The van der Waals surface area contributed by atoms with Crippen LogP contribution in [0.15, 0.2) is 18.2 Å². The van der Waals surface area contributed by atoms with E-state index in [0.717, 1.165) is 17.0 Å². The average Bonchev–Trinajstić information content (AvgIpc) is 3.21. The Bertz CT molecular complexity index is 901. The van der Waals surface area contributed by atoms with Gasteiger partial charge in [0.15, 0.2) is 0 Å². The van der Waals surface area contributed by atoms with Gasteiger partial charge in [0.05, 0.1) is 17.2 Å². The Kier molecular flexibility index (Phi) is 5.68. The van der Waals surface area contributed by atoms with Crippen LogP contribution in [0, 0.1) is 5.92 Å². The molecule has 3 aliphatic rings. The van der Waals surface area contributed by atoms with Crippen LogP contribution in [-0.2, 0) is 20.9 Å². The maximum absolute atomic E-state index is 13.2. The number of hydrogen-bond acceptors (Lipinski definition) is 7. The van der Waals surface area contributed by atoms with Crippen molar-refractivity contribution < 1.29 is 23.9 Å². The molecule has 0 aliphatic carbocycles. The summed E-state index contributed by atoms with van der Waals surface area (Å²) in [6.45, 7) is 5.04. The second kappa shape index (κ2) is 8.25. The Balaban J connectivity index is 1.57. The van der Waals surface area contributed by atoms with Crippen molar-refractivity contribution in [2.24, 2.45) is 11.7 Å². The van der Waals surface area contributed by atoms with E-state index in [1.807, 2.05) is 13.0 Å². The van der Waals surface area contributed by atoms with E-state index in [9.17, 15) is 19.2 Å². The highest BCUT2D eigenvalue weighted by Gasteiger charge is 2.45. The minimum absolute atomic E-state index is 0.0501. The average molecular weight is 414 g/mol. The number of nitrogens with one attached hydrogen (secondary N) is 1. The van der Waals surface area contributed by atoms with Crippen LogP contribution in [0.3, 0.4) is 0 Å². The first-order valence-corrected chi connectivity index (χ1v) is 10.3. The molecule has 3 N–H and O–H groups in total. The Morgan fingerprint density at radius 3 is 2.67 bits per heavy atom. The van der Waals surface area contributed by atoms with Crippen molar-refractivity contribution in [3.8, 4) is 0 Å². The Labute approximate surface area is 174 Å². The molecule has 3 aliphatic heterocycles. The summed E-state index contributed by atoms with van der Waals surface area (Å²) < 4.78 is 5.80. The zero-order valence-corrected chi connectivity index (χ0v) is 16.9. The number of hydrogen-bond donors (Lipinski definition) is 2. The standard InChI is InChI=1S/C21H26N4O5/c1-2-30-16-11-24(10-13(16)8-22)9-12-4-3-5-14-18(12)21(29)25(20(14)28)15-6-7-17(26)23-19(15)27/h3-5,13,15-16H,2,6-11,22H2,1H3,(H,23,26,27)/t13-,15?,16-/m1/s1. The van der Waals surface area contributed by atoms with Crippen LogP contribution in [0.25, 0.3) is 0 Å². The summed E-state index contributed by atoms with van der Waals surface area (Å²) in [4.78, 5) is 53.0. The zero-order valence-electron chi connectivity index (χ0n) is 16.9. The summed E-state index contributed by atoms with van der Waals surface area (Å²) in [5.74, 6) is -1.73. The highest BCUT2D eigenvalue weighted by Crippen LogP contribution is 2.31. The van der Waals surface area contributed by atoms with Crippen LogP contribution in [0.5, 0.6) is 0 Å². The number of imide groups is 2. The number of likely N-dealkylation sites (tertiary alicyclic amines) is 1. The van der Waals surface area contributed by atoms with Crippen LogP contribution >= 0.6 is 0 Å². The first-order chi connectivity index (χ1) is 14.4. The lowest BCUT2D eigenvalue weighted by atomic mass is 10.0. The fraction of sp³-hybridized carbons (Fsp3) is 0.524. The molecule has 1 aromatic rings. The topological polar surface area (TPSA) is 122 Å². The van der Waals surface area contributed by atoms with Crippen LogP contribution in [0.4, 0.5) is 0 Å². The summed E-state index contributed by atoms with van der Waals surface area (Å²) in [5.41, 5.74) is 7.28. The lowest BCUT2D eigenvalue weighted by molar-refractivity contribution is -0.136. The predicted molar refractivity (Wildman–Crippen MR) is 106 cm³/mol. The number of carbonyl (C=O) groups is 4. The third kappa shape index (κ3) is 3.53. The molecule has 0 bridgehead atoms. The van der Waals surface area contributed by atoms with Crippen molar-refractivity contribution in [2.75, 3.05) is 26.2 Å². The SMILES string of the molecule is CCO[C@@H]1CN(Cc2cccc3c2C(=O)N(C2CCC(=O)NC2=O)C3=O)C[C@H]1CN. The molecular weight excluding hydrogens is 388 g/mol. The largest absolute Gasteiger partial charge is 0.377 e. The zero-order chi connectivity index (χ0) is 21.4. The van der Waals surface area contributed by atoms with E-state index in [2.05, 4.69) is 10.2 Å². The molecular formula is C21H26N4O5. The summed E-state index contributed by atoms with van der Waals surface area (Å²) in [6.07, 6.45) is 0.296. The minimum atomic E-state index is -0.960. The maximum atomic E-state index is 13.2. The van der Waals surface area contributed by atoms with Crippen molar-refractivity contribution in [1.82, 2.24) is 15.1 Å². The fourth-order valence-electron chi connectivity index (χ4n) is 4.64. The number of rotatable bonds is 6. The van der Waals surface area contributed by atoms with Crippen molar-refractivity contribution in [3.05, 3.63) is 34.9 Å². The highest BCUT2D eigenvalue weighted by molar-refractivity contribution is 6.24. The third-order valence-electron chi connectivity index (χ3n) is 6.09. The summed E-state index contributed by atoms with van der Waals surface area (Å²) in [7, 11) is 0. The van der Waals surface area contributed by atoms with E-state index >= 15 is 0 Å². The molecule has 1 aromatic carbocycles. The van der Waals surface area contributed by atoms with Gasteiger partial charge in [0.2, 0.25) is 11.8 Å². The lowest BCUT2D eigenvalue weighted by Crippen LogP contribution is -2.54. The molecule has 0 spiro atoms. The molecule has 2 fully saturated rings. The van der Waals surface area contributed by atoms with E-state index in [1.54, 1.807) is 12.1 Å². The van der Waals surface area contributed by atoms with Gasteiger partial charge in [0.25, 0.3) is 11.8 Å². The number of piperidine rings is 1. The van der Waals surface area contributed by atoms with Crippen molar-refractivity contribution in [3.63, 3.8) is 0 Å². The van der Waals surface area contributed by atoms with Gasteiger partial charge in [-0.25, -0.2) is 0 Å². The molecule has 2 saturated heterocycles. The first kappa shape index (κ1) is 20.6. The molecule has 0 saturated carbocycles. The smallest absolute Gasteiger partial charge is 0.262 e. The van der Waals surface area contributed by atoms with E-state index in [0.29, 0.717) is 37.4 Å². The van der Waals surface area contributed by atoms with Crippen LogP contribution in [0.1, 0.15) is 46.0 Å². The highest BCUT2D eigenvalue weighted by atomic mass is 16.5. The second-order valence-corrected chi connectivity index (χ2v) is 7.97. The van der Waals surface area contributed by atoms with Gasteiger partial charge in [0, 0.05) is 38.6 Å². The quantitative estimate of drug-likeness (QED) is 0.623. The van der Waals surface area contributed by atoms with E-state index in [1.165, 1.54) is 0 Å².